The van der Waals surface area contributed by atoms with Crippen LogP contribution in [0.25, 0.3) is 11.1 Å². The van der Waals surface area contributed by atoms with E-state index in [1.807, 2.05) is 12.1 Å². The van der Waals surface area contributed by atoms with E-state index in [2.05, 4.69) is 30.3 Å². The van der Waals surface area contributed by atoms with E-state index >= 15 is 0 Å². The van der Waals surface area contributed by atoms with Crippen LogP contribution in [0.15, 0.2) is 42.5 Å². The first-order valence-corrected chi connectivity index (χ1v) is 4.78. The molecule has 0 N–H and O–H groups in total. The predicted molar refractivity (Wildman–Crippen MR) is 57.0 cm³/mol. The normalized spacial score (nSPS) is 12.4. The molecular formula is C14H9. The number of rotatable bonds is 0. The molecule has 2 aromatic rings. The lowest BCUT2D eigenvalue weighted by molar-refractivity contribution is 1.24. The van der Waals surface area contributed by atoms with E-state index in [9.17, 15) is 0 Å². The van der Waals surface area contributed by atoms with Gasteiger partial charge in [0.15, 0.2) is 0 Å². The van der Waals surface area contributed by atoms with Gasteiger partial charge in [0.25, 0.3) is 0 Å². The zero-order valence-electron chi connectivity index (χ0n) is 7.75. The smallest absolute Gasteiger partial charge is 0.0302 e. The molecule has 0 unspecified atom stereocenters. The minimum Gasteiger partial charge on any atom is -0.0619 e. The van der Waals surface area contributed by atoms with Crippen molar-refractivity contribution in [2.45, 2.75) is 6.42 Å². The summed E-state index contributed by atoms with van der Waals surface area (Å²) in [6.45, 7) is 7.83. The van der Waals surface area contributed by atoms with Gasteiger partial charge in [-0.2, -0.15) is 0 Å². The first-order chi connectivity index (χ1) is 6.86. The Bertz CT molecular complexity index is 495. The highest BCUT2D eigenvalue weighted by atomic mass is 14.2. The Kier molecular flexibility index (Phi) is 1.51. The van der Waals surface area contributed by atoms with Crippen molar-refractivity contribution in [3.63, 3.8) is 0 Å². The van der Waals surface area contributed by atoms with Gasteiger partial charge in [-0.1, -0.05) is 42.5 Å². The van der Waals surface area contributed by atoms with Crippen molar-refractivity contribution < 1.29 is 0 Å². The summed E-state index contributed by atoms with van der Waals surface area (Å²) in [7, 11) is 0. The quantitative estimate of drug-likeness (QED) is 0.494. The van der Waals surface area contributed by atoms with Gasteiger partial charge in [0, 0.05) is 6.92 Å². The minimum absolute atomic E-state index is 0.665. The van der Waals surface area contributed by atoms with Gasteiger partial charge in [-0.05, 0) is 34.2 Å². The highest BCUT2D eigenvalue weighted by Crippen LogP contribution is 2.37. The first kappa shape index (κ1) is 7.81. The molecule has 0 bridgehead atoms. The molecule has 3 rings (SSSR count). The molecule has 0 saturated heterocycles. The lowest BCUT2D eigenvalue weighted by atomic mass is 10.0. The third kappa shape index (κ3) is 0.941. The summed E-state index contributed by atoms with van der Waals surface area (Å²) in [6.07, 6.45) is 0.922. The molecule has 1 aliphatic carbocycles. The third-order valence-corrected chi connectivity index (χ3v) is 2.85. The van der Waals surface area contributed by atoms with Crippen LogP contribution in [-0.4, -0.2) is 0 Å². The molecule has 3 radical (unpaired) electrons. The fourth-order valence-electron chi connectivity index (χ4n) is 2.16. The zero-order valence-corrected chi connectivity index (χ0v) is 7.75. The molecule has 0 fully saturated rings. The van der Waals surface area contributed by atoms with Gasteiger partial charge in [-0.15, -0.1) is 0 Å². The van der Waals surface area contributed by atoms with E-state index in [1.54, 1.807) is 0 Å². The maximum Gasteiger partial charge on any atom is 0.0302 e. The van der Waals surface area contributed by atoms with E-state index in [0.29, 0.717) is 5.56 Å². The Hall–Kier alpha value is -1.56. The molecule has 1 aliphatic rings. The van der Waals surface area contributed by atoms with Crippen LogP contribution in [0, 0.1) is 6.92 Å². The summed E-state index contributed by atoms with van der Waals surface area (Å²) in [5.41, 5.74) is 5.74. The SMILES string of the molecule is [C]c1cccc2c1Cc1ccccc1-2. The van der Waals surface area contributed by atoms with E-state index < -0.39 is 0 Å². The average Bonchev–Trinajstić information content (AvgIpc) is 2.59. The molecule has 0 heterocycles. The highest BCUT2D eigenvalue weighted by molar-refractivity contribution is 5.78. The predicted octanol–water partition coefficient (Wildman–Crippen LogP) is 3.19. The van der Waals surface area contributed by atoms with Crippen LogP contribution in [0.2, 0.25) is 0 Å². The van der Waals surface area contributed by atoms with Crippen LogP contribution in [0.4, 0.5) is 0 Å². The van der Waals surface area contributed by atoms with Crippen LogP contribution >= 0.6 is 0 Å². The topological polar surface area (TPSA) is 0 Å². The van der Waals surface area contributed by atoms with Crippen molar-refractivity contribution >= 4 is 0 Å². The second kappa shape index (κ2) is 2.71. The Morgan fingerprint density at radius 2 is 1.64 bits per heavy atom. The molecular weight excluding hydrogens is 168 g/mol. The zero-order chi connectivity index (χ0) is 9.54. The van der Waals surface area contributed by atoms with Crippen LogP contribution in [0.1, 0.15) is 16.7 Å². The number of fused-ring (bicyclic) bond motifs is 3. The van der Waals surface area contributed by atoms with Crippen molar-refractivity contribution in [3.8, 4) is 11.1 Å². The molecule has 0 nitrogen and oxygen atoms in total. The molecule has 0 amide bonds. The average molecular weight is 177 g/mol. The van der Waals surface area contributed by atoms with Gasteiger partial charge in [0.2, 0.25) is 0 Å². The Balaban J connectivity index is 2.33. The largest absolute Gasteiger partial charge is 0.0619 e. The summed E-state index contributed by atoms with van der Waals surface area (Å²) in [5.74, 6) is 0. The van der Waals surface area contributed by atoms with Crippen molar-refractivity contribution in [2.24, 2.45) is 0 Å². The lowest BCUT2D eigenvalue weighted by Gasteiger charge is -2.01. The highest BCUT2D eigenvalue weighted by Gasteiger charge is 2.18. The second-order valence-electron chi connectivity index (χ2n) is 3.67. The summed E-state index contributed by atoms with van der Waals surface area (Å²) in [6, 6.07) is 14.3. The van der Waals surface area contributed by atoms with Gasteiger partial charge in [0.05, 0.1) is 0 Å². The van der Waals surface area contributed by atoms with Gasteiger partial charge in [0.1, 0.15) is 0 Å². The molecule has 0 heteroatoms. The van der Waals surface area contributed by atoms with Crippen molar-refractivity contribution in [3.05, 3.63) is 66.1 Å². The lowest BCUT2D eigenvalue weighted by Crippen LogP contribution is -1.84. The molecule has 0 spiro atoms. The number of benzene rings is 2. The van der Waals surface area contributed by atoms with E-state index in [4.69, 9.17) is 6.92 Å². The van der Waals surface area contributed by atoms with E-state index in [-0.39, 0.29) is 0 Å². The number of hydrogen-bond acceptors (Lipinski definition) is 0. The van der Waals surface area contributed by atoms with E-state index in [1.165, 1.54) is 22.3 Å². The maximum atomic E-state index is 7.83. The monoisotopic (exact) mass is 177 g/mol. The standard InChI is InChI=1S/C14H9/c1-10-5-4-8-13-12-7-3-2-6-11(12)9-14(10)13/h2-8H,9H2. The summed E-state index contributed by atoms with van der Waals surface area (Å²) < 4.78 is 0. The molecule has 65 valence electrons. The van der Waals surface area contributed by atoms with Crippen LogP contribution < -0.4 is 0 Å². The summed E-state index contributed by atoms with van der Waals surface area (Å²) >= 11 is 0. The Morgan fingerprint density at radius 3 is 2.57 bits per heavy atom. The third-order valence-electron chi connectivity index (χ3n) is 2.85. The van der Waals surface area contributed by atoms with Crippen LogP contribution in [0.5, 0.6) is 0 Å². The maximum absolute atomic E-state index is 7.83. The Morgan fingerprint density at radius 1 is 0.857 bits per heavy atom. The van der Waals surface area contributed by atoms with Gasteiger partial charge >= 0.3 is 0 Å². The van der Waals surface area contributed by atoms with Gasteiger partial charge in [-0.25, -0.2) is 0 Å². The fourth-order valence-corrected chi connectivity index (χ4v) is 2.16. The molecule has 14 heavy (non-hydrogen) atoms. The van der Waals surface area contributed by atoms with Crippen molar-refractivity contribution in [1.29, 1.82) is 0 Å². The fraction of sp³-hybridized carbons (Fsp3) is 0.0714. The Labute approximate surface area is 84.2 Å². The summed E-state index contributed by atoms with van der Waals surface area (Å²) in [5, 5.41) is 0. The molecule has 0 aliphatic heterocycles. The second-order valence-corrected chi connectivity index (χ2v) is 3.67. The molecule has 0 aromatic heterocycles. The first-order valence-electron chi connectivity index (χ1n) is 4.78. The van der Waals surface area contributed by atoms with Gasteiger partial charge < -0.3 is 0 Å². The van der Waals surface area contributed by atoms with Crippen molar-refractivity contribution in [2.75, 3.05) is 0 Å². The minimum atomic E-state index is 0.665. The van der Waals surface area contributed by atoms with Crippen LogP contribution in [0.3, 0.4) is 0 Å². The van der Waals surface area contributed by atoms with Crippen molar-refractivity contribution in [1.82, 2.24) is 0 Å². The summed E-state index contributed by atoms with van der Waals surface area (Å²) in [4.78, 5) is 0. The van der Waals surface area contributed by atoms with Gasteiger partial charge in [-0.3, -0.25) is 0 Å². The number of hydrogen-bond donors (Lipinski definition) is 0. The molecule has 0 saturated carbocycles. The van der Waals surface area contributed by atoms with Crippen LogP contribution in [-0.2, 0) is 6.42 Å². The molecule has 0 atom stereocenters. The molecule has 2 aromatic carbocycles. The van der Waals surface area contributed by atoms with E-state index in [0.717, 1.165) is 6.42 Å².